The average Bonchev–Trinajstić information content (AvgIpc) is 3.16. The smallest absolute Gasteiger partial charge is 0.258 e. The lowest BCUT2D eigenvalue weighted by Gasteiger charge is -2.15. The summed E-state index contributed by atoms with van der Waals surface area (Å²) >= 11 is 6.00. The molecule has 2 aromatic carbocycles. The van der Waals surface area contributed by atoms with Crippen molar-refractivity contribution < 1.29 is 9.53 Å². The molecule has 0 radical (unpaired) electrons. The first kappa shape index (κ1) is 17.0. The number of benzene rings is 2. The van der Waals surface area contributed by atoms with Crippen LogP contribution < -0.4 is 10.1 Å². The SMILES string of the molecule is C[C@@H](NC(=O)COc1ccccc1Cl)c1ccc(-n2ccnc2)cc1. The summed E-state index contributed by atoms with van der Waals surface area (Å²) in [6.45, 7) is 1.85. The number of carbonyl (C=O) groups is 1. The monoisotopic (exact) mass is 355 g/mol. The topological polar surface area (TPSA) is 56.1 Å². The number of aromatic nitrogens is 2. The van der Waals surface area contributed by atoms with Crippen LogP contribution in [-0.2, 0) is 4.79 Å². The number of para-hydroxylation sites is 1. The summed E-state index contributed by atoms with van der Waals surface area (Å²) in [5.41, 5.74) is 2.02. The van der Waals surface area contributed by atoms with Crippen LogP contribution in [0.2, 0.25) is 5.02 Å². The van der Waals surface area contributed by atoms with Crippen LogP contribution in [0.3, 0.4) is 0 Å². The zero-order valence-electron chi connectivity index (χ0n) is 13.7. The van der Waals surface area contributed by atoms with Crippen LogP contribution >= 0.6 is 11.6 Å². The van der Waals surface area contributed by atoms with E-state index in [2.05, 4.69) is 10.3 Å². The summed E-state index contributed by atoms with van der Waals surface area (Å²) in [6, 6.07) is 14.9. The first-order chi connectivity index (χ1) is 12.1. The number of ether oxygens (including phenoxy) is 1. The molecule has 3 rings (SSSR count). The summed E-state index contributed by atoms with van der Waals surface area (Å²) in [4.78, 5) is 16.1. The van der Waals surface area contributed by atoms with Crippen molar-refractivity contribution in [2.75, 3.05) is 6.61 Å². The van der Waals surface area contributed by atoms with Crippen molar-refractivity contribution >= 4 is 17.5 Å². The third kappa shape index (κ3) is 4.39. The van der Waals surface area contributed by atoms with E-state index in [0.29, 0.717) is 10.8 Å². The second-order valence-electron chi connectivity index (χ2n) is 5.57. The van der Waals surface area contributed by atoms with Gasteiger partial charge in [-0.15, -0.1) is 0 Å². The number of hydrogen-bond acceptors (Lipinski definition) is 3. The molecule has 1 N–H and O–H groups in total. The maximum absolute atomic E-state index is 12.1. The van der Waals surface area contributed by atoms with Crippen molar-refractivity contribution in [1.82, 2.24) is 14.9 Å². The number of rotatable bonds is 6. The lowest BCUT2D eigenvalue weighted by atomic mass is 10.1. The minimum absolute atomic E-state index is 0.0821. The van der Waals surface area contributed by atoms with Crippen molar-refractivity contribution in [3.63, 3.8) is 0 Å². The van der Waals surface area contributed by atoms with E-state index in [4.69, 9.17) is 16.3 Å². The maximum atomic E-state index is 12.1. The Bertz CT molecular complexity index is 832. The molecule has 0 saturated carbocycles. The number of halogens is 1. The van der Waals surface area contributed by atoms with E-state index in [-0.39, 0.29) is 18.6 Å². The summed E-state index contributed by atoms with van der Waals surface area (Å²) in [5.74, 6) is 0.294. The van der Waals surface area contributed by atoms with Crippen LogP contribution in [0, 0.1) is 0 Å². The molecule has 0 unspecified atom stereocenters. The number of imidazole rings is 1. The summed E-state index contributed by atoms with van der Waals surface area (Å²) in [5, 5.41) is 3.40. The van der Waals surface area contributed by atoms with E-state index in [1.54, 1.807) is 24.7 Å². The second kappa shape index (κ2) is 7.85. The third-order valence-corrected chi connectivity index (χ3v) is 4.08. The molecular formula is C19H18ClN3O2. The minimum atomic E-state index is -0.203. The molecule has 3 aromatic rings. The van der Waals surface area contributed by atoms with Crippen LogP contribution in [0.15, 0.2) is 67.3 Å². The van der Waals surface area contributed by atoms with Gasteiger partial charge in [-0.2, -0.15) is 0 Å². The Kier molecular flexibility index (Phi) is 5.36. The Morgan fingerprint density at radius 1 is 1.24 bits per heavy atom. The molecular weight excluding hydrogens is 338 g/mol. The molecule has 128 valence electrons. The minimum Gasteiger partial charge on any atom is -0.482 e. The molecule has 0 spiro atoms. The molecule has 0 saturated heterocycles. The molecule has 0 bridgehead atoms. The number of amides is 1. The van der Waals surface area contributed by atoms with Gasteiger partial charge in [-0.05, 0) is 36.8 Å². The molecule has 25 heavy (non-hydrogen) atoms. The number of nitrogens with zero attached hydrogens (tertiary/aromatic N) is 2. The van der Waals surface area contributed by atoms with Gasteiger partial charge in [-0.25, -0.2) is 4.98 Å². The fourth-order valence-corrected chi connectivity index (χ4v) is 2.61. The fraction of sp³-hybridized carbons (Fsp3) is 0.158. The molecule has 1 amide bonds. The highest BCUT2D eigenvalue weighted by Gasteiger charge is 2.11. The van der Waals surface area contributed by atoms with Gasteiger partial charge in [0, 0.05) is 18.1 Å². The van der Waals surface area contributed by atoms with E-state index < -0.39 is 0 Å². The third-order valence-electron chi connectivity index (χ3n) is 3.77. The predicted octanol–water partition coefficient (Wildman–Crippen LogP) is 3.78. The predicted molar refractivity (Wildman–Crippen MR) is 97.1 cm³/mol. The zero-order valence-corrected chi connectivity index (χ0v) is 14.5. The molecule has 5 nitrogen and oxygen atoms in total. The van der Waals surface area contributed by atoms with Crippen LogP contribution in [0.4, 0.5) is 0 Å². The standard InChI is InChI=1S/C19H18ClN3O2/c1-14(15-6-8-16(9-7-15)23-11-10-21-13-23)22-19(24)12-25-18-5-3-2-4-17(18)20/h2-11,13-14H,12H2,1H3,(H,22,24)/t14-/m1/s1. The van der Waals surface area contributed by atoms with E-state index >= 15 is 0 Å². The highest BCUT2D eigenvalue weighted by Crippen LogP contribution is 2.23. The van der Waals surface area contributed by atoms with Gasteiger partial charge in [0.1, 0.15) is 5.75 Å². The zero-order chi connectivity index (χ0) is 17.6. The second-order valence-corrected chi connectivity index (χ2v) is 5.98. The van der Waals surface area contributed by atoms with Gasteiger partial charge < -0.3 is 14.6 Å². The maximum Gasteiger partial charge on any atom is 0.258 e. The molecule has 0 fully saturated rings. The molecule has 1 atom stereocenters. The largest absolute Gasteiger partial charge is 0.482 e. The highest BCUT2D eigenvalue weighted by molar-refractivity contribution is 6.32. The lowest BCUT2D eigenvalue weighted by Crippen LogP contribution is -2.31. The molecule has 0 aliphatic rings. The normalized spacial score (nSPS) is 11.8. The molecule has 6 heteroatoms. The van der Waals surface area contributed by atoms with Gasteiger partial charge in [0.15, 0.2) is 6.61 Å². The Labute approximate surface area is 151 Å². The van der Waals surface area contributed by atoms with Gasteiger partial charge in [-0.1, -0.05) is 35.9 Å². The van der Waals surface area contributed by atoms with Crippen molar-refractivity contribution in [3.05, 3.63) is 77.8 Å². The fourth-order valence-electron chi connectivity index (χ4n) is 2.42. The van der Waals surface area contributed by atoms with Crippen molar-refractivity contribution in [1.29, 1.82) is 0 Å². The Hall–Kier alpha value is -2.79. The number of carbonyl (C=O) groups excluding carboxylic acids is 1. The van der Waals surface area contributed by atoms with Crippen LogP contribution in [0.25, 0.3) is 5.69 Å². The van der Waals surface area contributed by atoms with E-state index in [1.807, 2.05) is 54.1 Å². The van der Waals surface area contributed by atoms with Crippen LogP contribution in [0.5, 0.6) is 5.75 Å². The van der Waals surface area contributed by atoms with Crippen LogP contribution in [-0.4, -0.2) is 22.1 Å². The van der Waals surface area contributed by atoms with E-state index in [1.165, 1.54) is 0 Å². The van der Waals surface area contributed by atoms with Crippen molar-refractivity contribution in [3.8, 4) is 11.4 Å². The van der Waals surface area contributed by atoms with E-state index in [9.17, 15) is 4.79 Å². The number of hydrogen-bond donors (Lipinski definition) is 1. The van der Waals surface area contributed by atoms with Gasteiger partial charge in [0.25, 0.3) is 5.91 Å². The summed E-state index contributed by atoms with van der Waals surface area (Å²) in [6.07, 6.45) is 5.36. The number of nitrogens with one attached hydrogen (secondary N) is 1. The molecule has 0 aliphatic carbocycles. The van der Waals surface area contributed by atoms with Crippen LogP contribution in [0.1, 0.15) is 18.5 Å². The highest BCUT2D eigenvalue weighted by atomic mass is 35.5. The Morgan fingerprint density at radius 3 is 2.68 bits per heavy atom. The van der Waals surface area contributed by atoms with E-state index in [0.717, 1.165) is 11.3 Å². The molecule has 0 aliphatic heterocycles. The Morgan fingerprint density at radius 2 is 2.00 bits per heavy atom. The summed E-state index contributed by atoms with van der Waals surface area (Å²) in [7, 11) is 0. The Balaban J connectivity index is 1.55. The van der Waals surface area contributed by atoms with Gasteiger partial charge >= 0.3 is 0 Å². The lowest BCUT2D eigenvalue weighted by molar-refractivity contribution is -0.123. The quantitative estimate of drug-likeness (QED) is 0.732. The van der Waals surface area contributed by atoms with Gasteiger partial charge in [-0.3, -0.25) is 4.79 Å². The van der Waals surface area contributed by atoms with Gasteiger partial charge in [0.2, 0.25) is 0 Å². The van der Waals surface area contributed by atoms with Gasteiger partial charge in [0.05, 0.1) is 17.4 Å². The molecule has 1 aromatic heterocycles. The molecule has 1 heterocycles. The first-order valence-electron chi connectivity index (χ1n) is 7.88. The first-order valence-corrected chi connectivity index (χ1v) is 8.26. The van der Waals surface area contributed by atoms with Crippen molar-refractivity contribution in [2.24, 2.45) is 0 Å². The summed E-state index contributed by atoms with van der Waals surface area (Å²) < 4.78 is 7.37. The van der Waals surface area contributed by atoms with Crippen molar-refractivity contribution in [2.45, 2.75) is 13.0 Å². The average molecular weight is 356 g/mol.